The van der Waals surface area contributed by atoms with Crippen molar-refractivity contribution in [2.24, 2.45) is 11.8 Å². The molecule has 7 nitrogen and oxygen atoms in total. The Morgan fingerprint density at radius 2 is 1.81 bits per heavy atom. The summed E-state index contributed by atoms with van der Waals surface area (Å²) in [7, 11) is 0. The molecule has 9 heteroatoms. The van der Waals surface area contributed by atoms with Crippen LogP contribution in [0.15, 0.2) is 18.3 Å². The maximum Gasteiger partial charge on any atom is 0.387 e. The van der Waals surface area contributed by atoms with Gasteiger partial charge < -0.3 is 15.2 Å². The number of nitrogens with two attached hydrogens (primary N) is 1. The van der Waals surface area contributed by atoms with Crippen molar-refractivity contribution < 1.29 is 18.3 Å². The number of anilines is 1. The van der Waals surface area contributed by atoms with Crippen LogP contribution in [0.4, 0.5) is 14.6 Å². The van der Waals surface area contributed by atoms with Gasteiger partial charge in [-0.3, -0.25) is 9.58 Å². The summed E-state index contributed by atoms with van der Waals surface area (Å²) < 4.78 is 37.7. The standard InChI is InChI=1S/C23H29F2N5O2/c1-11(2)30-19(7-18(28-30)12-3-20(32-23(24)25)22(26)27-8-12)21-16-5-13(6-17(16)21)29-14-4-15(29)10-31-9-14/h3,7-8,11,13-17,21,23H,4-6,9-10H2,1-2H3,(H2,26,27)/t13-,14?,15?,16-,17+,21+. The van der Waals surface area contributed by atoms with Crippen molar-refractivity contribution in [3.8, 4) is 17.0 Å². The molecule has 6 rings (SSSR count). The van der Waals surface area contributed by atoms with Gasteiger partial charge in [0.2, 0.25) is 0 Å². The van der Waals surface area contributed by atoms with Crippen molar-refractivity contribution in [2.75, 3.05) is 18.9 Å². The van der Waals surface area contributed by atoms with Gasteiger partial charge in [-0.15, -0.1) is 0 Å². The first-order valence-corrected chi connectivity index (χ1v) is 11.6. The molecule has 2 saturated carbocycles. The van der Waals surface area contributed by atoms with Gasteiger partial charge in [0.05, 0.1) is 18.9 Å². The van der Waals surface area contributed by atoms with Crippen molar-refractivity contribution in [3.05, 3.63) is 24.0 Å². The van der Waals surface area contributed by atoms with Gasteiger partial charge in [-0.05, 0) is 57.1 Å². The Bertz CT molecular complexity index is 1000. The first-order chi connectivity index (χ1) is 15.4. The van der Waals surface area contributed by atoms with Crippen LogP contribution in [0.2, 0.25) is 0 Å². The zero-order valence-electron chi connectivity index (χ0n) is 18.3. The summed E-state index contributed by atoms with van der Waals surface area (Å²) in [5.41, 5.74) is 8.29. The van der Waals surface area contributed by atoms with Crippen molar-refractivity contribution in [3.63, 3.8) is 0 Å². The van der Waals surface area contributed by atoms with Crippen LogP contribution >= 0.6 is 0 Å². The molecule has 2 saturated heterocycles. The number of fused-ring (bicyclic) bond motifs is 3. The lowest BCUT2D eigenvalue weighted by Gasteiger charge is -2.55. The van der Waals surface area contributed by atoms with E-state index in [9.17, 15) is 8.78 Å². The Hall–Kier alpha value is -2.26. The molecule has 0 spiro atoms. The third-order valence-corrected chi connectivity index (χ3v) is 7.84. The van der Waals surface area contributed by atoms with Gasteiger partial charge in [0.25, 0.3) is 0 Å². The summed E-state index contributed by atoms with van der Waals surface area (Å²) in [4.78, 5) is 6.76. The number of hydrogen-bond donors (Lipinski definition) is 1. The van der Waals surface area contributed by atoms with E-state index in [0.717, 1.165) is 18.9 Å². The molecule has 2 aromatic heterocycles. The molecule has 2 aliphatic heterocycles. The number of nitrogen functional groups attached to an aromatic ring is 1. The largest absolute Gasteiger partial charge is 0.431 e. The molecular formula is C23H29F2N5O2. The molecule has 0 amide bonds. The molecule has 0 aromatic carbocycles. The highest BCUT2D eigenvalue weighted by atomic mass is 19.3. The van der Waals surface area contributed by atoms with E-state index in [4.69, 9.17) is 15.6 Å². The number of pyridine rings is 1. The molecule has 172 valence electrons. The fraction of sp³-hybridized carbons (Fsp3) is 0.652. The zero-order chi connectivity index (χ0) is 22.1. The second kappa shape index (κ2) is 7.38. The van der Waals surface area contributed by atoms with Crippen LogP contribution in [0.25, 0.3) is 11.3 Å². The minimum absolute atomic E-state index is 0.0542. The van der Waals surface area contributed by atoms with Crippen molar-refractivity contribution in [1.29, 1.82) is 0 Å². The maximum absolute atomic E-state index is 12.7. The first kappa shape index (κ1) is 20.4. The van der Waals surface area contributed by atoms with Crippen LogP contribution in [0.5, 0.6) is 5.75 Å². The van der Waals surface area contributed by atoms with Gasteiger partial charge in [-0.25, -0.2) is 4.98 Å². The number of rotatable bonds is 6. The minimum Gasteiger partial charge on any atom is -0.431 e. The number of aromatic nitrogens is 3. The topological polar surface area (TPSA) is 78.4 Å². The molecule has 2 unspecified atom stereocenters. The number of ether oxygens (including phenoxy) is 2. The SMILES string of the molecule is CC(C)n1nc(-c2cnc(N)c(OC(F)F)c2)cc1[C@H]1[C@@H]2C[C@@H](N3C4COCC3C4)C[C@@H]21. The van der Waals surface area contributed by atoms with Gasteiger partial charge in [0, 0.05) is 47.5 Å². The Labute approximate surface area is 185 Å². The Morgan fingerprint density at radius 3 is 2.44 bits per heavy atom. The average molecular weight is 446 g/mol. The molecule has 0 radical (unpaired) electrons. The van der Waals surface area contributed by atoms with Gasteiger partial charge >= 0.3 is 6.61 Å². The van der Waals surface area contributed by atoms with Crippen LogP contribution in [0.1, 0.15) is 50.8 Å². The zero-order valence-corrected chi connectivity index (χ0v) is 18.3. The number of alkyl halides is 2. The third-order valence-electron chi connectivity index (χ3n) is 7.84. The smallest absolute Gasteiger partial charge is 0.387 e. The van der Waals surface area contributed by atoms with Crippen LogP contribution in [-0.2, 0) is 4.74 Å². The van der Waals surface area contributed by atoms with Crippen LogP contribution < -0.4 is 10.5 Å². The Kier molecular flexibility index (Phi) is 4.69. The summed E-state index contributed by atoms with van der Waals surface area (Å²) in [6.45, 7) is 3.07. The highest BCUT2D eigenvalue weighted by molar-refractivity contribution is 5.64. The van der Waals surface area contributed by atoms with Gasteiger partial charge in [-0.2, -0.15) is 13.9 Å². The van der Waals surface area contributed by atoms with E-state index in [1.54, 1.807) is 6.20 Å². The number of morpholine rings is 1. The van der Waals surface area contributed by atoms with E-state index in [1.807, 2.05) is 0 Å². The van der Waals surface area contributed by atoms with Crippen molar-refractivity contribution in [1.82, 2.24) is 19.7 Å². The van der Waals surface area contributed by atoms with E-state index < -0.39 is 6.61 Å². The van der Waals surface area contributed by atoms with Crippen molar-refractivity contribution in [2.45, 2.75) is 69.8 Å². The maximum atomic E-state index is 12.7. The number of nitrogens with zero attached hydrogens (tertiary/aromatic N) is 4. The summed E-state index contributed by atoms with van der Waals surface area (Å²) in [6, 6.07) is 5.76. The predicted molar refractivity (Wildman–Crippen MR) is 114 cm³/mol. The van der Waals surface area contributed by atoms with Crippen LogP contribution in [0, 0.1) is 11.8 Å². The molecule has 32 heavy (non-hydrogen) atoms. The molecule has 6 atom stereocenters. The minimum atomic E-state index is -2.95. The molecule has 2 aliphatic carbocycles. The molecule has 2 bridgehead atoms. The van der Waals surface area contributed by atoms with Gasteiger partial charge in [0.1, 0.15) is 0 Å². The third kappa shape index (κ3) is 3.20. The lowest BCUT2D eigenvalue weighted by atomic mass is 9.87. The van der Waals surface area contributed by atoms with E-state index >= 15 is 0 Å². The van der Waals surface area contributed by atoms with Crippen molar-refractivity contribution >= 4 is 5.82 Å². The predicted octanol–water partition coefficient (Wildman–Crippen LogP) is 3.67. The quantitative estimate of drug-likeness (QED) is 0.731. The van der Waals surface area contributed by atoms with Gasteiger partial charge in [-0.1, -0.05) is 0 Å². The fourth-order valence-corrected chi connectivity index (χ4v) is 6.45. The molecule has 4 aliphatic rings. The monoisotopic (exact) mass is 445 g/mol. The Morgan fingerprint density at radius 1 is 1.09 bits per heavy atom. The second-order valence-electron chi connectivity index (χ2n) is 9.99. The highest BCUT2D eigenvalue weighted by Crippen LogP contribution is 2.65. The molecular weight excluding hydrogens is 416 g/mol. The van der Waals surface area contributed by atoms with Crippen LogP contribution in [0.3, 0.4) is 0 Å². The highest BCUT2D eigenvalue weighted by Gasteiger charge is 2.61. The summed E-state index contributed by atoms with van der Waals surface area (Å²) in [6.07, 6.45) is 5.36. The second-order valence-corrected chi connectivity index (χ2v) is 9.99. The first-order valence-electron chi connectivity index (χ1n) is 11.6. The molecule has 4 heterocycles. The molecule has 4 fully saturated rings. The van der Waals surface area contributed by atoms with Crippen LogP contribution in [-0.4, -0.2) is 57.6 Å². The Balaban J connectivity index is 1.22. The summed E-state index contributed by atoms with van der Waals surface area (Å²) in [5, 5.41) is 4.81. The van der Waals surface area contributed by atoms with Gasteiger partial charge in [0.15, 0.2) is 11.6 Å². The van der Waals surface area contributed by atoms with E-state index in [2.05, 4.69) is 39.2 Å². The average Bonchev–Trinajstić information content (AvgIpc) is 3.09. The fourth-order valence-electron chi connectivity index (χ4n) is 6.45. The van der Waals surface area contributed by atoms with E-state index in [0.29, 0.717) is 41.4 Å². The van der Waals surface area contributed by atoms with E-state index in [1.165, 1.54) is 31.0 Å². The number of halogens is 2. The molecule has 2 aromatic rings. The lowest BCUT2D eigenvalue weighted by Crippen LogP contribution is -2.66. The lowest BCUT2D eigenvalue weighted by molar-refractivity contribution is -0.147. The summed E-state index contributed by atoms with van der Waals surface area (Å²) in [5.74, 6) is 1.75. The number of hydrogen-bond acceptors (Lipinski definition) is 6. The van der Waals surface area contributed by atoms with E-state index in [-0.39, 0.29) is 17.6 Å². The molecule has 2 N–H and O–H groups in total. The summed E-state index contributed by atoms with van der Waals surface area (Å²) >= 11 is 0. The normalized spacial score (nSPS) is 33.4.